The van der Waals surface area contributed by atoms with Crippen LogP contribution in [-0.4, -0.2) is 29.0 Å². The van der Waals surface area contributed by atoms with E-state index in [2.05, 4.69) is 9.71 Å². The topological polar surface area (TPSA) is 114 Å². The van der Waals surface area contributed by atoms with Crippen molar-refractivity contribution < 1.29 is 22.7 Å². The van der Waals surface area contributed by atoms with E-state index in [0.717, 1.165) is 0 Å². The van der Waals surface area contributed by atoms with Crippen molar-refractivity contribution in [3.63, 3.8) is 0 Å². The standard InChI is InChI=1S/C10H11N3O5S/c1-13-5-9(11-6-13)19(16,17)12-4-7-2-3-8(18-7)10(14)15/h2-3,5-6,12H,4H2,1H3,(H,14,15). The first-order valence-corrected chi connectivity index (χ1v) is 6.66. The van der Waals surface area contributed by atoms with Crippen molar-refractivity contribution >= 4 is 16.0 Å². The van der Waals surface area contributed by atoms with E-state index in [9.17, 15) is 13.2 Å². The van der Waals surface area contributed by atoms with Crippen molar-refractivity contribution in [2.45, 2.75) is 11.6 Å². The SMILES string of the molecule is Cn1cnc(S(=O)(=O)NCc2ccc(C(=O)O)o2)c1. The quantitative estimate of drug-likeness (QED) is 0.810. The Labute approximate surface area is 108 Å². The highest BCUT2D eigenvalue weighted by Gasteiger charge is 2.18. The Kier molecular flexibility index (Phi) is 3.40. The molecule has 8 nitrogen and oxygen atoms in total. The molecule has 0 bridgehead atoms. The second-order valence-electron chi connectivity index (χ2n) is 3.77. The Morgan fingerprint density at radius 2 is 2.26 bits per heavy atom. The minimum absolute atomic E-state index is 0.111. The number of carboxylic acid groups (broad SMARTS) is 1. The number of aromatic carboxylic acids is 1. The summed E-state index contributed by atoms with van der Waals surface area (Å²) in [6.45, 7) is -0.147. The molecule has 0 aliphatic rings. The van der Waals surface area contributed by atoms with E-state index >= 15 is 0 Å². The van der Waals surface area contributed by atoms with Crippen molar-refractivity contribution in [1.29, 1.82) is 0 Å². The van der Waals surface area contributed by atoms with Gasteiger partial charge in [-0.3, -0.25) is 0 Å². The van der Waals surface area contributed by atoms with Gasteiger partial charge in [-0.25, -0.2) is 22.9 Å². The van der Waals surface area contributed by atoms with E-state index in [1.54, 1.807) is 7.05 Å². The number of carbonyl (C=O) groups is 1. The summed E-state index contributed by atoms with van der Waals surface area (Å²) < 4.78 is 32.3. The molecule has 0 unspecified atom stereocenters. The Bertz CT molecular complexity index is 700. The Morgan fingerprint density at radius 3 is 2.79 bits per heavy atom. The molecule has 0 aliphatic heterocycles. The fourth-order valence-electron chi connectivity index (χ4n) is 1.36. The number of imidazole rings is 1. The summed E-state index contributed by atoms with van der Waals surface area (Å²) in [5.41, 5.74) is 0. The van der Waals surface area contributed by atoms with E-state index in [0.29, 0.717) is 0 Å². The molecule has 2 rings (SSSR count). The van der Waals surface area contributed by atoms with Gasteiger partial charge in [0.25, 0.3) is 10.0 Å². The molecule has 0 amide bonds. The third-order valence-corrected chi connectivity index (χ3v) is 3.55. The van der Waals surface area contributed by atoms with Gasteiger partial charge in [0.05, 0.1) is 12.9 Å². The smallest absolute Gasteiger partial charge is 0.371 e. The van der Waals surface area contributed by atoms with E-state index in [-0.39, 0.29) is 23.1 Å². The number of aromatic nitrogens is 2. The van der Waals surface area contributed by atoms with E-state index in [1.807, 2.05) is 0 Å². The lowest BCUT2D eigenvalue weighted by atomic mass is 10.4. The molecule has 0 saturated carbocycles. The predicted octanol–water partition coefficient (Wildman–Crippen LogP) is 0.190. The zero-order valence-corrected chi connectivity index (χ0v) is 10.7. The van der Waals surface area contributed by atoms with Crippen molar-refractivity contribution in [3.8, 4) is 0 Å². The van der Waals surface area contributed by atoms with Gasteiger partial charge in [0.1, 0.15) is 5.76 Å². The molecular weight excluding hydrogens is 274 g/mol. The molecule has 0 spiro atoms. The van der Waals surface area contributed by atoms with Gasteiger partial charge >= 0.3 is 5.97 Å². The largest absolute Gasteiger partial charge is 0.475 e. The van der Waals surface area contributed by atoms with E-state index < -0.39 is 16.0 Å². The molecule has 2 heterocycles. The third-order valence-electron chi connectivity index (χ3n) is 2.27. The first kappa shape index (κ1) is 13.3. The number of rotatable bonds is 5. The number of furan rings is 1. The number of nitrogens with one attached hydrogen (secondary N) is 1. The molecule has 0 radical (unpaired) electrons. The molecule has 0 saturated heterocycles. The molecule has 19 heavy (non-hydrogen) atoms. The van der Waals surface area contributed by atoms with Crippen LogP contribution in [0.3, 0.4) is 0 Å². The second-order valence-corrected chi connectivity index (χ2v) is 5.49. The number of hydrogen-bond donors (Lipinski definition) is 2. The third kappa shape index (κ3) is 3.01. The molecule has 2 aromatic heterocycles. The molecule has 0 atom stereocenters. The Hall–Kier alpha value is -2.13. The fourth-order valence-corrected chi connectivity index (χ4v) is 2.33. The molecule has 102 valence electrons. The molecule has 9 heteroatoms. The van der Waals surface area contributed by atoms with Gasteiger partial charge < -0.3 is 14.1 Å². The normalized spacial score (nSPS) is 11.6. The van der Waals surface area contributed by atoms with Crippen molar-refractivity contribution in [1.82, 2.24) is 14.3 Å². The van der Waals surface area contributed by atoms with Crippen LogP contribution < -0.4 is 4.72 Å². The average Bonchev–Trinajstić information content (AvgIpc) is 2.95. The number of hydrogen-bond acceptors (Lipinski definition) is 5. The van der Waals surface area contributed by atoms with Gasteiger partial charge in [-0.1, -0.05) is 0 Å². The Balaban J connectivity index is 2.07. The second kappa shape index (κ2) is 4.86. The van der Waals surface area contributed by atoms with Crippen LogP contribution in [0.15, 0.2) is 34.1 Å². The van der Waals surface area contributed by atoms with Crippen LogP contribution in [0.25, 0.3) is 0 Å². The molecule has 2 aromatic rings. The summed E-state index contributed by atoms with van der Waals surface area (Å²) in [4.78, 5) is 14.3. The van der Waals surface area contributed by atoms with Gasteiger partial charge in [-0.2, -0.15) is 0 Å². The summed E-state index contributed by atoms with van der Waals surface area (Å²) in [5.74, 6) is -1.25. The minimum Gasteiger partial charge on any atom is -0.475 e. The minimum atomic E-state index is -3.74. The first-order chi connectivity index (χ1) is 8.88. The van der Waals surface area contributed by atoms with Gasteiger partial charge in [-0.15, -0.1) is 0 Å². The van der Waals surface area contributed by atoms with Crippen LogP contribution in [0.1, 0.15) is 16.3 Å². The maximum atomic E-state index is 11.8. The van der Waals surface area contributed by atoms with Gasteiger partial charge in [0.2, 0.25) is 5.76 Å². The van der Waals surface area contributed by atoms with Crippen LogP contribution in [-0.2, 0) is 23.6 Å². The zero-order chi connectivity index (χ0) is 14.0. The fraction of sp³-hybridized carbons (Fsp3) is 0.200. The van der Waals surface area contributed by atoms with Crippen molar-refractivity contribution in [3.05, 3.63) is 36.2 Å². The molecule has 0 fully saturated rings. The molecule has 0 aliphatic carbocycles. The first-order valence-electron chi connectivity index (χ1n) is 5.18. The molecule has 0 aromatic carbocycles. The average molecular weight is 285 g/mol. The van der Waals surface area contributed by atoms with Crippen LogP contribution in [0.5, 0.6) is 0 Å². The van der Waals surface area contributed by atoms with Crippen molar-refractivity contribution in [2.75, 3.05) is 0 Å². The predicted molar refractivity (Wildman–Crippen MR) is 62.9 cm³/mol. The van der Waals surface area contributed by atoms with E-state index in [4.69, 9.17) is 9.52 Å². The number of nitrogens with zero attached hydrogens (tertiary/aromatic N) is 2. The summed E-state index contributed by atoms with van der Waals surface area (Å²) in [6, 6.07) is 2.65. The van der Waals surface area contributed by atoms with Crippen LogP contribution in [0.4, 0.5) is 0 Å². The summed E-state index contributed by atoms with van der Waals surface area (Å²) in [5, 5.41) is 8.55. The zero-order valence-electron chi connectivity index (χ0n) is 9.90. The van der Waals surface area contributed by atoms with Crippen LogP contribution in [0.2, 0.25) is 0 Å². The molecular formula is C10H11N3O5S. The summed E-state index contributed by atoms with van der Waals surface area (Å²) in [7, 11) is -2.09. The van der Waals surface area contributed by atoms with Crippen LogP contribution >= 0.6 is 0 Å². The van der Waals surface area contributed by atoms with Gasteiger partial charge in [0.15, 0.2) is 5.03 Å². The lowest BCUT2D eigenvalue weighted by molar-refractivity contribution is 0.0660. The maximum absolute atomic E-state index is 11.8. The van der Waals surface area contributed by atoms with Crippen molar-refractivity contribution in [2.24, 2.45) is 7.05 Å². The molecule has 2 N–H and O–H groups in total. The number of aryl methyl sites for hydroxylation is 1. The van der Waals surface area contributed by atoms with Gasteiger partial charge in [-0.05, 0) is 12.1 Å². The van der Waals surface area contributed by atoms with Crippen LogP contribution in [0, 0.1) is 0 Å². The number of sulfonamides is 1. The lowest BCUT2D eigenvalue weighted by Crippen LogP contribution is -2.23. The van der Waals surface area contributed by atoms with E-state index in [1.165, 1.54) is 29.2 Å². The maximum Gasteiger partial charge on any atom is 0.371 e. The highest BCUT2D eigenvalue weighted by Crippen LogP contribution is 2.10. The highest BCUT2D eigenvalue weighted by atomic mass is 32.2. The summed E-state index contributed by atoms with van der Waals surface area (Å²) in [6.07, 6.45) is 2.72. The highest BCUT2D eigenvalue weighted by molar-refractivity contribution is 7.89. The summed E-state index contributed by atoms with van der Waals surface area (Å²) >= 11 is 0. The van der Waals surface area contributed by atoms with Gasteiger partial charge in [0, 0.05) is 13.2 Å². The number of carboxylic acids is 1. The Morgan fingerprint density at radius 1 is 1.53 bits per heavy atom. The monoisotopic (exact) mass is 285 g/mol. The lowest BCUT2D eigenvalue weighted by Gasteiger charge is -2.01.